The zero-order valence-electron chi connectivity index (χ0n) is 17.9. The van der Waals surface area contributed by atoms with Gasteiger partial charge in [0.25, 0.3) is 15.9 Å². The van der Waals surface area contributed by atoms with Crippen molar-refractivity contribution in [2.24, 2.45) is 12.0 Å². The summed E-state index contributed by atoms with van der Waals surface area (Å²) in [6.45, 7) is 0. The smallest absolute Gasteiger partial charge is 0.279 e. The van der Waals surface area contributed by atoms with E-state index in [9.17, 15) is 13.2 Å². The molecule has 6 nitrogen and oxygen atoms in total. The lowest BCUT2D eigenvalue weighted by Gasteiger charge is -2.09. The van der Waals surface area contributed by atoms with Gasteiger partial charge in [0, 0.05) is 28.7 Å². The van der Waals surface area contributed by atoms with Gasteiger partial charge in [-0.25, -0.2) is 8.42 Å². The maximum atomic E-state index is 13.0. The summed E-state index contributed by atoms with van der Waals surface area (Å²) in [5.41, 5.74) is 1.56. The Morgan fingerprint density at radius 1 is 0.971 bits per heavy atom. The maximum Gasteiger partial charge on any atom is 0.279 e. The molecule has 1 N–H and O–H groups in total. The number of carbonyl (C=O) groups is 1. The summed E-state index contributed by atoms with van der Waals surface area (Å²) < 4.78 is 30.8. The number of hydrogen-bond donors (Lipinski definition) is 1. The number of benzene rings is 4. The van der Waals surface area contributed by atoms with E-state index >= 15 is 0 Å². The molecule has 170 valence electrons. The van der Waals surface area contributed by atoms with Gasteiger partial charge in [0.1, 0.15) is 0 Å². The summed E-state index contributed by atoms with van der Waals surface area (Å²) >= 11 is 7.27. The van der Waals surface area contributed by atoms with Gasteiger partial charge in [-0.05, 0) is 53.9 Å². The molecule has 5 rings (SSSR count). The van der Waals surface area contributed by atoms with Crippen LogP contribution in [0.4, 0.5) is 5.69 Å². The van der Waals surface area contributed by atoms with Crippen molar-refractivity contribution in [1.29, 1.82) is 0 Å². The Kier molecular flexibility index (Phi) is 5.73. The Balaban J connectivity index is 1.49. The molecule has 0 aliphatic heterocycles. The van der Waals surface area contributed by atoms with Crippen LogP contribution < -0.4 is 9.52 Å². The first-order valence-corrected chi connectivity index (χ1v) is 12.9. The summed E-state index contributed by atoms with van der Waals surface area (Å²) in [4.78, 5) is 17.9. The number of anilines is 1. The van der Waals surface area contributed by atoms with Crippen LogP contribution in [-0.2, 0) is 17.1 Å². The Labute approximate surface area is 204 Å². The van der Waals surface area contributed by atoms with Crippen molar-refractivity contribution in [3.05, 3.63) is 100 Å². The lowest BCUT2D eigenvalue weighted by atomic mass is 10.1. The third-order valence-electron chi connectivity index (χ3n) is 5.37. The van der Waals surface area contributed by atoms with Crippen molar-refractivity contribution in [2.45, 2.75) is 4.90 Å². The molecule has 0 atom stereocenters. The number of nitrogens with zero attached hydrogens (tertiary/aromatic N) is 2. The van der Waals surface area contributed by atoms with E-state index in [-0.39, 0.29) is 16.1 Å². The van der Waals surface area contributed by atoms with Gasteiger partial charge in [-0.1, -0.05) is 59.3 Å². The van der Waals surface area contributed by atoms with E-state index in [0.29, 0.717) is 9.82 Å². The van der Waals surface area contributed by atoms with Crippen molar-refractivity contribution in [3.63, 3.8) is 0 Å². The molecule has 1 aromatic heterocycles. The molecule has 1 amide bonds. The molecule has 0 radical (unpaired) electrons. The largest absolute Gasteiger partial charge is 0.319 e. The second-order valence-electron chi connectivity index (χ2n) is 7.63. The topological polar surface area (TPSA) is 80.5 Å². The van der Waals surface area contributed by atoms with Crippen LogP contribution in [0.5, 0.6) is 0 Å². The number of hydrogen-bond acceptors (Lipinski definition) is 4. The van der Waals surface area contributed by atoms with Crippen LogP contribution in [0.3, 0.4) is 0 Å². The fourth-order valence-electron chi connectivity index (χ4n) is 3.72. The highest BCUT2D eigenvalue weighted by molar-refractivity contribution is 7.92. The fourth-order valence-corrected chi connectivity index (χ4v) is 5.93. The highest BCUT2D eigenvalue weighted by atomic mass is 35.5. The normalized spacial score (nSPS) is 12.4. The van der Waals surface area contributed by atoms with E-state index in [1.807, 2.05) is 41.9 Å². The van der Waals surface area contributed by atoms with E-state index in [4.69, 9.17) is 11.6 Å². The molecule has 1 heterocycles. The predicted octanol–water partition coefficient (Wildman–Crippen LogP) is 5.59. The molecule has 0 unspecified atom stereocenters. The second-order valence-corrected chi connectivity index (χ2v) is 10.8. The van der Waals surface area contributed by atoms with Gasteiger partial charge in [0.15, 0.2) is 4.80 Å². The number of thiazole rings is 1. The minimum atomic E-state index is -3.83. The van der Waals surface area contributed by atoms with Crippen molar-refractivity contribution >= 4 is 65.5 Å². The zero-order chi connectivity index (χ0) is 23.9. The van der Waals surface area contributed by atoms with Crippen molar-refractivity contribution in [1.82, 2.24) is 4.57 Å². The van der Waals surface area contributed by atoms with Crippen LogP contribution in [0.25, 0.3) is 21.0 Å². The third-order valence-corrected chi connectivity index (χ3v) is 8.12. The van der Waals surface area contributed by atoms with Crippen LogP contribution in [0, 0.1) is 0 Å². The van der Waals surface area contributed by atoms with Gasteiger partial charge in [-0.2, -0.15) is 4.99 Å². The van der Waals surface area contributed by atoms with Crippen LogP contribution in [0.1, 0.15) is 10.4 Å². The molecule has 9 heteroatoms. The van der Waals surface area contributed by atoms with Crippen molar-refractivity contribution in [2.75, 3.05) is 4.72 Å². The van der Waals surface area contributed by atoms with Gasteiger partial charge >= 0.3 is 0 Å². The standard InChI is InChI=1S/C25H18ClN3O3S2/c1-29-23-21-8-3-2-5-16(21)9-14-22(23)33-25(29)27-24(30)17-6-4-7-19(15-17)28-34(31,32)20-12-10-18(26)11-13-20/h2-15,28H,1H3. The molecule has 34 heavy (non-hydrogen) atoms. The molecule has 0 aliphatic rings. The molecule has 0 fully saturated rings. The quantitative estimate of drug-likeness (QED) is 0.344. The number of halogens is 1. The van der Waals surface area contributed by atoms with E-state index in [2.05, 4.69) is 15.8 Å². The fraction of sp³-hybridized carbons (Fsp3) is 0.0400. The first kappa shape index (κ1) is 22.3. The maximum absolute atomic E-state index is 13.0. The lowest BCUT2D eigenvalue weighted by Crippen LogP contribution is -2.14. The zero-order valence-corrected chi connectivity index (χ0v) is 20.3. The predicted molar refractivity (Wildman–Crippen MR) is 137 cm³/mol. The summed E-state index contributed by atoms with van der Waals surface area (Å²) in [5, 5.41) is 2.64. The van der Waals surface area contributed by atoms with Gasteiger partial charge in [0.2, 0.25) is 0 Å². The van der Waals surface area contributed by atoms with Crippen LogP contribution >= 0.6 is 22.9 Å². The van der Waals surface area contributed by atoms with Gasteiger partial charge in [-0.15, -0.1) is 0 Å². The number of sulfonamides is 1. The molecule has 0 saturated heterocycles. The molecular weight excluding hydrogens is 490 g/mol. The van der Waals surface area contributed by atoms with E-state index in [0.717, 1.165) is 21.0 Å². The van der Waals surface area contributed by atoms with Crippen molar-refractivity contribution in [3.8, 4) is 0 Å². The number of fused-ring (bicyclic) bond motifs is 3. The molecule has 5 aromatic rings. The summed E-state index contributed by atoms with van der Waals surface area (Å²) in [5.74, 6) is -0.459. The van der Waals surface area contributed by atoms with Crippen LogP contribution in [-0.4, -0.2) is 18.9 Å². The Morgan fingerprint density at radius 3 is 2.53 bits per heavy atom. The molecule has 4 aromatic carbocycles. The number of carbonyl (C=O) groups excluding carboxylic acids is 1. The number of aromatic nitrogens is 1. The van der Waals surface area contributed by atoms with Crippen molar-refractivity contribution < 1.29 is 13.2 Å². The second kappa shape index (κ2) is 8.72. The molecule has 0 aliphatic carbocycles. The molecule has 0 saturated carbocycles. The SMILES string of the molecule is Cn1c(=NC(=O)c2cccc(NS(=O)(=O)c3ccc(Cl)cc3)c2)sc2ccc3ccccc3c21. The highest BCUT2D eigenvalue weighted by Crippen LogP contribution is 2.26. The van der Waals surface area contributed by atoms with Crippen LogP contribution in [0.15, 0.2) is 94.8 Å². The molecule has 0 spiro atoms. The average Bonchev–Trinajstić information content (AvgIpc) is 3.14. The van der Waals surface area contributed by atoms with Gasteiger partial charge < -0.3 is 4.57 Å². The summed E-state index contributed by atoms with van der Waals surface area (Å²) in [6, 6.07) is 24.3. The van der Waals surface area contributed by atoms with Gasteiger partial charge in [-0.3, -0.25) is 9.52 Å². The van der Waals surface area contributed by atoms with Crippen LogP contribution in [0.2, 0.25) is 5.02 Å². The minimum absolute atomic E-state index is 0.0721. The average molecular weight is 508 g/mol. The Morgan fingerprint density at radius 2 is 1.74 bits per heavy atom. The molecular formula is C25H18ClN3O3S2. The monoisotopic (exact) mass is 507 g/mol. The minimum Gasteiger partial charge on any atom is -0.319 e. The number of nitrogens with one attached hydrogen (secondary N) is 1. The van der Waals surface area contributed by atoms with Gasteiger partial charge in [0.05, 0.1) is 15.1 Å². The van der Waals surface area contributed by atoms with E-state index in [1.54, 1.807) is 18.2 Å². The Hall–Kier alpha value is -3.46. The summed E-state index contributed by atoms with van der Waals surface area (Å²) in [7, 11) is -1.95. The Bertz CT molecular complexity index is 1740. The third kappa shape index (κ3) is 4.23. The summed E-state index contributed by atoms with van der Waals surface area (Å²) in [6.07, 6.45) is 0. The number of aryl methyl sites for hydroxylation is 1. The number of rotatable bonds is 4. The lowest BCUT2D eigenvalue weighted by molar-refractivity contribution is 0.0998. The molecule has 0 bridgehead atoms. The highest BCUT2D eigenvalue weighted by Gasteiger charge is 2.15. The first-order valence-electron chi connectivity index (χ1n) is 10.3. The first-order chi connectivity index (χ1) is 16.3. The van der Waals surface area contributed by atoms with E-state index < -0.39 is 15.9 Å². The van der Waals surface area contributed by atoms with E-state index in [1.165, 1.54) is 41.7 Å². The number of amides is 1.